The van der Waals surface area contributed by atoms with Crippen LogP contribution in [0.15, 0.2) is 28.8 Å². The molecular weight excluding hydrogens is 317 g/mol. The Balaban J connectivity index is 1.86. The van der Waals surface area contributed by atoms with Crippen LogP contribution in [0, 0.1) is 0 Å². The molecule has 21 heavy (non-hydrogen) atoms. The van der Waals surface area contributed by atoms with Gasteiger partial charge in [-0.15, -0.1) is 0 Å². The van der Waals surface area contributed by atoms with E-state index >= 15 is 0 Å². The molecule has 1 heterocycles. The van der Waals surface area contributed by atoms with Gasteiger partial charge >= 0.3 is 5.97 Å². The maximum absolute atomic E-state index is 11.4. The standard InChI is InChI=1S/C14H13Cl2NO4/c1-2-20-14(18)13-6-10(21-17-13)8-19-7-9-3-4-11(15)12(16)5-9/h3-6H,2,7-8H2,1H3. The molecule has 0 saturated heterocycles. The lowest BCUT2D eigenvalue weighted by Gasteiger charge is -2.03. The third-order valence-electron chi connectivity index (χ3n) is 2.54. The molecule has 7 heteroatoms. The number of hydrogen-bond donors (Lipinski definition) is 0. The number of carbonyl (C=O) groups is 1. The fourth-order valence-electron chi connectivity index (χ4n) is 1.58. The summed E-state index contributed by atoms with van der Waals surface area (Å²) >= 11 is 11.7. The topological polar surface area (TPSA) is 61.6 Å². The zero-order chi connectivity index (χ0) is 15.2. The van der Waals surface area contributed by atoms with Crippen molar-refractivity contribution in [1.29, 1.82) is 0 Å². The Morgan fingerprint density at radius 3 is 2.76 bits per heavy atom. The van der Waals surface area contributed by atoms with Crippen molar-refractivity contribution < 1.29 is 18.8 Å². The molecule has 2 rings (SSSR count). The van der Waals surface area contributed by atoms with E-state index < -0.39 is 5.97 Å². The summed E-state index contributed by atoms with van der Waals surface area (Å²) in [6.45, 7) is 2.53. The zero-order valence-corrected chi connectivity index (χ0v) is 12.8. The lowest BCUT2D eigenvalue weighted by molar-refractivity contribution is 0.0513. The smallest absolute Gasteiger partial charge is 0.360 e. The number of nitrogens with zero attached hydrogens (tertiary/aromatic N) is 1. The summed E-state index contributed by atoms with van der Waals surface area (Å²) < 4.78 is 15.3. The predicted octanol–water partition coefficient (Wildman–Crippen LogP) is 3.87. The van der Waals surface area contributed by atoms with E-state index in [0.717, 1.165) is 5.56 Å². The maximum atomic E-state index is 11.4. The molecular formula is C14H13Cl2NO4. The molecule has 0 aliphatic rings. The Labute approximate surface area is 131 Å². The third kappa shape index (κ3) is 4.46. The van der Waals surface area contributed by atoms with Gasteiger partial charge in [-0.05, 0) is 24.6 Å². The Bertz CT molecular complexity index is 627. The van der Waals surface area contributed by atoms with Crippen LogP contribution in [0.25, 0.3) is 0 Å². The first-order valence-electron chi connectivity index (χ1n) is 6.24. The molecule has 112 valence electrons. The fraction of sp³-hybridized carbons (Fsp3) is 0.286. The van der Waals surface area contributed by atoms with Gasteiger partial charge in [0.05, 0.1) is 23.3 Å². The molecule has 0 fully saturated rings. The molecule has 1 aromatic heterocycles. The second-order valence-electron chi connectivity index (χ2n) is 4.14. The molecule has 0 aliphatic heterocycles. The number of benzene rings is 1. The number of ether oxygens (including phenoxy) is 2. The van der Waals surface area contributed by atoms with Gasteiger partial charge in [0.15, 0.2) is 11.5 Å². The van der Waals surface area contributed by atoms with Crippen molar-refractivity contribution in [2.24, 2.45) is 0 Å². The molecule has 0 atom stereocenters. The maximum Gasteiger partial charge on any atom is 0.360 e. The van der Waals surface area contributed by atoms with Crippen molar-refractivity contribution in [2.45, 2.75) is 20.1 Å². The number of hydrogen-bond acceptors (Lipinski definition) is 5. The molecule has 0 unspecified atom stereocenters. The first kappa shape index (κ1) is 15.8. The van der Waals surface area contributed by atoms with Crippen molar-refractivity contribution in [3.8, 4) is 0 Å². The molecule has 0 spiro atoms. The summed E-state index contributed by atoms with van der Waals surface area (Å²) in [6, 6.07) is 6.75. The van der Waals surface area contributed by atoms with E-state index in [4.69, 9.17) is 37.2 Å². The van der Waals surface area contributed by atoms with E-state index in [-0.39, 0.29) is 18.9 Å². The Morgan fingerprint density at radius 1 is 1.24 bits per heavy atom. The van der Waals surface area contributed by atoms with Crippen LogP contribution in [-0.2, 0) is 22.7 Å². The van der Waals surface area contributed by atoms with Gasteiger partial charge < -0.3 is 14.0 Å². The lowest BCUT2D eigenvalue weighted by atomic mass is 10.2. The Kier molecular flexibility index (Phi) is 5.61. The number of halogens is 2. The van der Waals surface area contributed by atoms with Gasteiger partial charge in [0, 0.05) is 6.07 Å². The zero-order valence-electron chi connectivity index (χ0n) is 11.3. The molecule has 0 bridgehead atoms. The average Bonchev–Trinajstić information content (AvgIpc) is 2.92. The highest BCUT2D eigenvalue weighted by molar-refractivity contribution is 6.42. The summed E-state index contributed by atoms with van der Waals surface area (Å²) in [5, 5.41) is 4.59. The van der Waals surface area contributed by atoms with Gasteiger partial charge in [-0.25, -0.2) is 4.79 Å². The number of rotatable bonds is 6. The highest BCUT2D eigenvalue weighted by atomic mass is 35.5. The summed E-state index contributed by atoms with van der Waals surface area (Å²) in [6.07, 6.45) is 0. The van der Waals surface area contributed by atoms with Gasteiger partial charge in [-0.1, -0.05) is 34.4 Å². The quantitative estimate of drug-likeness (QED) is 0.752. The van der Waals surface area contributed by atoms with Crippen molar-refractivity contribution in [1.82, 2.24) is 5.16 Å². The molecule has 0 radical (unpaired) electrons. The second-order valence-corrected chi connectivity index (χ2v) is 4.95. The van der Waals surface area contributed by atoms with Crippen molar-refractivity contribution in [3.63, 3.8) is 0 Å². The van der Waals surface area contributed by atoms with Gasteiger partial charge in [0.1, 0.15) is 6.61 Å². The SMILES string of the molecule is CCOC(=O)c1cc(COCc2ccc(Cl)c(Cl)c2)on1. The van der Waals surface area contributed by atoms with E-state index in [1.54, 1.807) is 19.1 Å². The van der Waals surface area contributed by atoms with E-state index in [2.05, 4.69) is 5.16 Å². The van der Waals surface area contributed by atoms with Crippen LogP contribution in [-0.4, -0.2) is 17.7 Å². The summed E-state index contributed by atoms with van der Waals surface area (Å²) in [5.41, 5.74) is 1.01. The van der Waals surface area contributed by atoms with Crippen LogP contribution in [0.5, 0.6) is 0 Å². The fourth-order valence-corrected chi connectivity index (χ4v) is 1.90. The number of esters is 1. The highest BCUT2D eigenvalue weighted by Gasteiger charge is 2.13. The second kappa shape index (κ2) is 7.45. The van der Waals surface area contributed by atoms with E-state index in [1.807, 2.05) is 6.07 Å². The number of carbonyl (C=O) groups excluding carboxylic acids is 1. The van der Waals surface area contributed by atoms with Crippen LogP contribution >= 0.6 is 23.2 Å². The first-order valence-corrected chi connectivity index (χ1v) is 7.00. The molecule has 0 N–H and O–H groups in total. The molecule has 5 nitrogen and oxygen atoms in total. The van der Waals surface area contributed by atoms with E-state index in [0.29, 0.717) is 22.4 Å². The highest BCUT2D eigenvalue weighted by Crippen LogP contribution is 2.23. The summed E-state index contributed by atoms with van der Waals surface area (Å²) in [5.74, 6) is -0.0740. The molecule has 0 saturated carbocycles. The van der Waals surface area contributed by atoms with Gasteiger partial charge in [0.2, 0.25) is 0 Å². The minimum absolute atomic E-state index is 0.130. The summed E-state index contributed by atoms with van der Waals surface area (Å²) in [4.78, 5) is 11.4. The third-order valence-corrected chi connectivity index (χ3v) is 3.28. The van der Waals surface area contributed by atoms with Crippen LogP contribution < -0.4 is 0 Å². The number of aromatic nitrogens is 1. The molecule has 1 aromatic carbocycles. The normalized spacial score (nSPS) is 10.6. The largest absolute Gasteiger partial charge is 0.461 e. The van der Waals surface area contributed by atoms with E-state index in [9.17, 15) is 4.79 Å². The van der Waals surface area contributed by atoms with Crippen LogP contribution in [0.4, 0.5) is 0 Å². The molecule has 0 aliphatic carbocycles. The van der Waals surface area contributed by atoms with Crippen molar-refractivity contribution >= 4 is 29.2 Å². The van der Waals surface area contributed by atoms with Gasteiger partial charge in [-0.2, -0.15) is 0 Å². The van der Waals surface area contributed by atoms with E-state index in [1.165, 1.54) is 6.07 Å². The predicted molar refractivity (Wildman–Crippen MR) is 77.4 cm³/mol. The van der Waals surface area contributed by atoms with Crippen LogP contribution in [0.2, 0.25) is 10.0 Å². The molecule has 0 amide bonds. The Hall–Kier alpha value is -1.56. The lowest BCUT2D eigenvalue weighted by Crippen LogP contribution is -2.04. The molecule has 2 aromatic rings. The van der Waals surface area contributed by atoms with Crippen LogP contribution in [0.1, 0.15) is 28.7 Å². The monoisotopic (exact) mass is 329 g/mol. The first-order chi connectivity index (χ1) is 10.1. The summed E-state index contributed by atoms with van der Waals surface area (Å²) in [7, 11) is 0. The van der Waals surface area contributed by atoms with Gasteiger partial charge in [-0.3, -0.25) is 0 Å². The minimum atomic E-state index is -0.517. The Morgan fingerprint density at radius 2 is 2.05 bits per heavy atom. The van der Waals surface area contributed by atoms with Crippen LogP contribution in [0.3, 0.4) is 0 Å². The van der Waals surface area contributed by atoms with Crippen molar-refractivity contribution in [3.05, 3.63) is 51.3 Å². The van der Waals surface area contributed by atoms with Crippen molar-refractivity contribution in [2.75, 3.05) is 6.61 Å². The minimum Gasteiger partial charge on any atom is -0.461 e. The average molecular weight is 330 g/mol. The van der Waals surface area contributed by atoms with Gasteiger partial charge in [0.25, 0.3) is 0 Å².